The van der Waals surface area contributed by atoms with Crippen molar-refractivity contribution in [2.24, 2.45) is 0 Å². The van der Waals surface area contributed by atoms with Gasteiger partial charge in [-0.3, -0.25) is 0 Å². The minimum Gasteiger partial charge on any atom is -0.356 e. The molecule has 0 aliphatic carbocycles. The van der Waals surface area contributed by atoms with Crippen LogP contribution in [-0.2, 0) is 0 Å². The molecular formula is C90H66N4. The lowest BCUT2D eigenvalue weighted by molar-refractivity contribution is 1.57. The number of hydrogen-bond acceptors (Lipinski definition) is 4. The molecule has 0 aliphatic rings. The van der Waals surface area contributed by atoms with E-state index >= 15 is 0 Å². The lowest BCUT2D eigenvalue weighted by Gasteiger charge is -2.16. The molecule has 0 fully saturated rings. The molecule has 4 N–H and O–H groups in total. The van der Waals surface area contributed by atoms with Crippen LogP contribution in [0.1, 0.15) is 5.56 Å². The van der Waals surface area contributed by atoms with Gasteiger partial charge in [-0.05, 0) is 176 Å². The highest BCUT2D eigenvalue weighted by atomic mass is 14.9. The van der Waals surface area contributed by atoms with Gasteiger partial charge in [0, 0.05) is 61.7 Å². The maximum absolute atomic E-state index is 3.80. The molecule has 0 unspecified atom stereocenters. The number of para-hydroxylation sites is 1. The maximum atomic E-state index is 3.80. The molecule has 94 heavy (non-hydrogen) atoms. The number of anilines is 8. The Morgan fingerprint density at radius 2 is 0.457 bits per heavy atom. The molecule has 0 heterocycles. The minimum absolute atomic E-state index is 1.08. The van der Waals surface area contributed by atoms with Crippen molar-refractivity contribution in [3.63, 3.8) is 0 Å². The fourth-order valence-corrected chi connectivity index (χ4v) is 12.9. The minimum atomic E-state index is 1.08. The van der Waals surface area contributed by atoms with Crippen LogP contribution in [0.5, 0.6) is 0 Å². The molecule has 0 radical (unpaired) electrons. The van der Waals surface area contributed by atoms with Crippen molar-refractivity contribution in [2.75, 3.05) is 21.3 Å². The highest BCUT2D eigenvalue weighted by molar-refractivity contribution is 6.18. The average molecular weight is 1200 g/mol. The molecule has 0 aliphatic heterocycles. The topological polar surface area (TPSA) is 48.1 Å². The van der Waals surface area contributed by atoms with E-state index in [9.17, 15) is 0 Å². The first kappa shape index (κ1) is 57.9. The second-order valence-electron chi connectivity index (χ2n) is 23.6. The van der Waals surface area contributed by atoms with Crippen molar-refractivity contribution in [1.82, 2.24) is 0 Å². The van der Waals surface area contributed by atoms with E-state index in [1.54, 1.807) is 0 Å². The zero-order chi connectivity index (χ0) is 63.0. The normalized spacial score (nSPS) is 11.0. The van der Waals surface area contributed by atoms with E-state index in [0.717, 1.165) is 51.1 Å². The van der Waals surface area contributed by atoms with Crippen LogP contribution in [0, 0.1) is 0 Å². The van der Waals surface area contributed by atoms with Crippen LogP contribution < -0.4 is 21.3 Å². The smallest absolute Gasteiger partial charge is 0.0470 e. The Morgan fingerprint density at radius 1 is 0.170 bits per heavy atom. The summed E-state index contributed by atoms with van der Waals surface area (Å²) in [7, 11) is 0. The molecule has 4 nitrogen and oxygen atoms in total. The monoisotopic (exact) mass is 1200 g/mol. The van der Waals surface area contributed by atoms with E-state index in [4.69, 9.17) is 0 Å². The largest absolute Gasteiger partial charge is 0.356 e. The zero-order valence-electron chi connectivity index (χ0n) is 51.8. The van der Waals surface area contributed by atoms with Gasteiger partial charge in [0.2, 0.25) is 0 Å². The van der Waals surface area contributed by atoms with Crippen LogP contribution >= 0.6 is 0 Å². The molecule has 0 aromatic heterocycles. The number of fused-ring (bicyclic) bond motifs is 14. The molecule has 446 valence electrons. The SMILES string of the molecule is C=Cc1ccc(Nc2cc3ccccc3c3ccccc23)cc1.c1ccc(Nc2ccc3ccc4ccccc4c3c2)cc1.c1ccc2c(c1)cc(Nc1cc3ccccc3c3ccccc13)c1ccccc12.c1ccc2cc(Nc3ccc4ccccc4c3)ccc2c1. The van der Waals surface area contributed by atoms with E-state index in [1.165, 1.54) is 108 Å². The van der Waals surface area contributed by atoms with Gasteiger partial charge in [0.05, 0.1) is 0 Å². The third kappa shape index (κ3) is 12.4. The Balaban J connectivity index is 0.000000104. The molecule has 0 amide bonds. The van der Waals surface area contributed by atoms with E-state index in [0.29, 0.717) is 0 Å². The molecule has 0 saturated carbocycles. The number of hydrogen-bond donors (Lipinski definition) is 4. The Labute approximate surface area is 547 Å². The van der Waals surface area contributed by atoms with Gasteiger partial charge in [-0.1, -0.05) is 292 Å². The summed E-state index contributed by atoms with van der Waals surface area (Å²) in [5, 5.41) is 39.6. The fourth-order valence-electron chi connectivity index (χ4n) is 12.9. The standard InChI is InChI=1S/C28H19N.C22H17N.2C20H15N/c1-3-11-21-19(9-1)17-27(25-15-7-5-13-23(21)25)29-28-18-20-10-2-4-12-22(20)24-14-6-8-16-26(24)28;1-2-16-11-13-18(14-12-16)23-22-15-17-7-3-4-8-19(17)20-9-5-6-10-21(20)22;1-3-7-17-13-19(11-9-15(17)5-1)21-20-12-10-16-6-2-4-8-18(16)14-20;1-2-7-17(8-3-1)21-18-13-12-16-11-10-15-6-4-5-9-19(15)20(16)14-18/h1-18,29H;2-15,23H,1H2;2*1-14,21H. The van der Waals surface area contributed by atoms with E-state index in [-0.39, 0.29) is 0 Å². The van der Waals surface area contributed by atoms with Gasteiger partial charge in [0.25, 0.3) is 0 Å². The summed E-state index contributed by atoms with van der Waals surface area (Å²) in [5.41, 5.74) is 10.1. The summed E-state index contributed by atoms with van der Waals surface area (Å²) >= 11 is 0. The summed E-state index contributed by atoms with van der Waals surface area (Å²) < 4.78 is 0. The fraction of sp³-hybridized carbons (Fsp3) is 0. The molecule has 0 atom stereocenters. The van der Waals surface area contributed by atoms with Crippen LogP contribution in [0.3, 0.4) is 0 Å². The van der Waals surface area contributed by atoms with Crippen LogP contribution in [0.2, 0.25) is 0 Å². The van der Waals surface area contributed by atoms with Gasteiger partial charge in [-0.15, -0.1) is 0 Å². The van der Waals surface area contributed by atoms with Crippen molar-refractivity contribution in [2.45, 2.75) is 0 Å². The first-order valence-electron chi connectivity index (χ1n) is 32.0. The van der Waals surface area contributed by atoms with Gasteiger partial charge in [0.1, 0.15) is 0 Å². The zero-order valence-corrected chi connectivity index (χ0v) is 51.8. The number of rotatable bonds is 9. The van der Waals surface area contributed by atoms with Gasteiger partial charge in [-0.2, -0.15) is 0 Å². The van der Waals surface area contributed by atoms with Gasteiger partial charge in [0.15, 0.2) is 0 Å². The second kappa shape index (κ2) is 26.5. The van der Waals surface area contributed by atoms with Gasteiger partial charge >= 0.3 is 0 Å². The van der Waals surface area contributed by atoms with Crippen molar-refractivity contribution in [3.8, 4) is 0 Å². The molecule has 18 aromatic carbocycles. The first-order chi connectivity index (χ1) is 46.5. The molecule has 4 heteroatoms. The average Bonchev–Trinajstić information content (AvgIpc) is 0.802. The molecule has 0 spiro atoms. The summed E-state index contributed by atoms with van der Waals surface area (Å²) in [6.45, 7) is 3.80. The number of nitrogens with one attached hydrogen (secondary N) is 4. The van der Waals surface area contributed by atoms with Gasteiger partial charge < -0.3 is 21.3 Å². The maximum Gasteiger partial charge on any atom is 0.0470 e. The third-order valence-corrected chi connectivity index (χ3v) is 17.6. The van der Waals surface area contributed by atoms with Crippen LogP contribution in [0.15, 0.2) is 364 Å². The lowest BCUT2D eigenvalue weighted by atomic mass is 9.98. The Kier molecular flexibility index (Phi) is 16.3. The van der Waals surface area contributed by atoms with E-state index in [1.807, 2.05) is 24.3 Å². The number of benzene rings is 18. The summed E-state index contributed by atoms with van der Waals surface area (Å²) in [4.78, 5) is 0. The predicted octanol–water partition coefficient (Wildman–Crippen LogP) is 25.9. The van der Waals surface area contributed by atoms with E-state index in [2.05, 4.69) is 368 Å². The molecular weight excluding hydrogens is 1140 g/mol. The Bertz CT molecular complexity index is 5580. The van der Waals surface area contributed by atoms with Crippen molar-refractivity contribution < 1.29 is 0 Å². The quantitative estimate of drug-likeness (QED) is 0.109. The summed E-state index contributed by atoms with van der Waals surface area (Å²) in [6, 6.07) is 126. The third-order valence-electron chi connectivity index (χ3n) is 17.6. The Hall–Kier alpha value is -12.5. The van der Waals surface area contributed by atoms with Crippen molar-refractivity contribution in [1.29, 1.82) is 0 Å². The highest BCUT2D eigenvalue weighted by Crippen LogP contribution is 2.39. The second-order valence-corrected chi connectivity index (χ2v) is 23.6. The summed E-state index contributed by atoms with van der Waals surface area (Å²) in [6.07, 6.45) is 1.86. The Morgan fingerprint density at radius 3 is 0.904 bits per heavy atom. The summed E-state index contributed by atoms with van der Waals surface area (Å²) in [5.74, 6) is 0. The highest BCUT2D eigenvalue weighted by Gasteiger charge is 2.12. The molecule has 0 saturated heterocycles. The van der Waals surface area contributed by atoms with E-state index < -0.39 is 0 Å². The molecule has 0 bridgehead atoms. The molecule has 18 rings (SSSR count). The molecule has 18 aromatic rings. The van der Waals surface area contributed by atoms with Crippen molar-refractivity contribution in [3.05, 3.63) is 370 Å². The predicted molar refractivity (Wildman–Crippen MR) is 410 cm³/mol. The van der Waals surface area contributed by atoms with Crippen LogP contribution in [-0.4, -0.2) is 0 Å². The van der Waals surface area contributed by atoms with Crippen LogP contribution in [0.25, 0.3) is 114 Å². The first-order valence-corrected chi connectivity index (χ1v) is 32.0. The lowest BCUT2D eigenvalue weighted by Crippen LogP contribution is -1.94. The van der Waals surface area contributed by atoms with Crippen molar-refractivity contribution >= 4 is 159 Å². The van der Waals surface area contributed by atoms with Gasteiger partial charge in [-0.25, -0.2) is 0 Å². The van der Waals surface area contributed by atoms with Crippen LogP contribution in [0.4, 0.5) is 45.5 Å².